The Kier molecular flexibility index (Phi) is 7.95. The molecule has 1 aromatic rings. The highest BCUT2D eigenvalue weighted by Crippen LogP contribution is 2.66. The van der Waals surface area contributed by atoms with Crippen molar-refractivity contribution in [2.75, 3.05) is 31.2 Å². The van der Waals surface area contributed by atoms with E-state index in [0.29, 0.717) is 19.4 Å². The van der Waals surface area contributed by atoms with E-state index in [4.69, 9.17) is 4.74 Å². The van der Waals surface area contributed by atoms with Gasteiger partial charge in [-0.15, -0.1) is 24.9 Å². The molecule has 4 rings (SSSR count). The number of hydrogen-bond acceptors (Lipinski definition) is 6. The zero-order valence-electron chi connectivity index (χ0n) is 21.2. The van der Waals surface area contributed by atoms with Crippen molar-refractivity contribution in [1.82, 2.24) is 4.90 Å². The Morgan fingerprint density at radius 2 is 2.08 bits per heavy atom. The lowest BCUT2D eigenvalue weighted by molar-refractivity contribution is -0.154. The summed E-state index contributed by atoms with van der Waals surface area (Å²) >= 11 is 1.60. The number of β-amino-alcohol motifs (C(OH)–C–C–N with tert-alkyl or cyclic N) is 1. The first kappa shape index (κ1) is 26.5. The first-order valence-electron chi connectivity index (χ1n) is 12.7. The summed E-state index contributed by atoms with van der Waals surface area (Å²) in [7, 11) is 0. The van der Waals surface area contributed by atoms with Gasteiger partial charge >= 0.3 is 5.97 Å². The summed E-state index contributed by atoms with van der Waals surface area (Å²) in [5.74, 6) is -1.98. The average Bonchev–Trinajstić information content (AvgIpc) is 3.49. The number of hydrogen-bond donors (Lipinski definition) is 1. The lowest BCUT2D eigenvalue weighted by atomic mass is 9.71. The van der Waals surface area contributed by atoms with E-state index in [1.165, 1.54) is 4.90 Å². The minimum Gasteiger partial charge on any atom is -0.465 e. The molecule has 1 N–H and O–H groups in total. The van der Waals surface area contributed by atoms with Gasteiger partial charge in [0.05, 0.1) is 29.8 Å². The molecular weight excluding hydrogens is 476 g/mol. The maximum Gasteiger partial charge on any atom is 0.310 e. The number of carbonyl (C=O) groups is 3. The number of rotatable bonds is 11. The molecule has 0 saturated carbocycles. The molecule has 0 radical (unpaired) electrons. The van der Waals surface area contributed by atoms with Crippen LogP contribution in [0.4, 0.5) is 5.69 Å². The van der Waals surface area contributed by atoms with E-state index in [0.717, 1.165) is 29.7 Å². The van der Waals surface area contributed by atoms with Crippen molar-refractivity contribution < 1.29 is 24.2 Å². The summed E-state index contributed by atoms with van der Waals surface area (Å²) in [6.07, 6.45) is 6.33. The minimum atomic E-state index is -0.768. The second-order valence-electron chi connectivity index (χ2n) is 9.94. The highest BCUT2D eigenvalue weighted by Gasteiger charge is 2.74. The number of ether oxygens (including phenoxy) is 1. The number of fused-ring (bicyclic) bond motifs is 1. The normalized spacial score (nSPS) is 28.2. The molecule has 0 aromatic heterocycles. The van der Waals surface area contributed by atoms with Crippen LogP contribution in [-0.4, -0.2) is 70.1 Å². The number of allylic oxidation sites excluding steroid dienone is 1. The van der Waals surface area contributed by atoms with Crippen LogP contribution in [-0.2, 0) is 19.1 Å². The third-order valence-electron chi connectivity index (χ3n) is 7.68. The molecule has 5 atom stereocenters. The van der Waals surface area contributed by atoms with Crippen molar-refractivity contribution in [3.05, 3.63) is 54.6 Å². The van der Waals surface area contributed by atoms with Crippen LogP contribution in [0, 0.1) is 25.7 Å². The zero-order valence-corrected chi connectivity index (χ0v) is 22.0. The van der Waals surface area contributed by atoms with E-state index in [9.17, 15) is 19.5 Å². The van der Waals surface area contributed by atoms with Crippen molar-refractivity contribution >= 4 is 35.2 Å². The summed E-state index contributed by atoms with van der Waals surface area (Å²) in [6, 6.07) is 5.19. The van der Waals surface area contributed by atoms with E-state index in [1.807, 2.05) is 32.0 Å². The molecule has 1 aromatic carbocycles. The average molecular weight is 513 g/mol. The number of esters is 1. The van der Waals surface area contributed by atoms with Gasteiger partial charge in [-0.3, -0.25) is 14.4 Å². The molecule has 3 aliphatic heterocycles. The molecule has 3 fully saturated rings. The number of unbranched alkanes of at least 4 members (excludes halogenated alkanes) is 1. The highest BCUT2D eigenvalue weighted by molar-refractivity contribution is 8.02. The highest BCUT2D eigenvalue weighted by atomic mass is 32.2. The number of aryl methyl sites for hydroxylation is 2. The van der Waals surface area contributed by atoms with Gasteiger partial charge in [-0.05, 0) is 56.7 Å². The minimum absolute atomic E-state index is 0.0500. The molecule has 3 aliphatic rings. The fourth-order valence-corrected chi connectivity index (χ4v) is 8.34. The summed E-state index contributed by atoms with van der Waals surface area (Å²) < 4.78 is 4.87. The molecule has 2 amide bonds. The van der Waals surface area contributed by atoms with Crippen LogP contribution < -0.4 is 4.90 Å². The first-order valence-corrected chi connectivity index (χ1v) is 13.5. The number of thioether (sulfide) groups is 1. The van der Waals surface area contributed by atoms with Gasteiger partial charge in [-0.1, -0.05) is 24.3 Å². The van der Waals surface area contributed by atoms with Crippen molar-refractivity contribution in [2.45, 2.75) is 55.6 Å². The van der Waals surface area contributed by atoms with E-state index in [2.05, 4.69) is 13.2 Å². The van der Waals surface area contributed by atoms with Crippen LogP contribution >= 0.6 is 11.8 Å². The Morgan fingerprint density at radius 1 is 1.31 bits per heavy atom. The number of carbonyl (C=O) groups excluding carboxylic acids is 3. The number of likely N-dealkylation sites (tertiary alicyclic amines) is 1. The molecule has 2 bridgehead atoms. The summed E-state index contributed by atoms with van der Waals surface area (Å²) in [5.41, 5.74) is 2.76. The summed E-state index contributed by atoms with van der Waals surface area (Å²) in [4.78, 5) is 44.5. The molecule has 0 aliphatic carbocycles. The number of aliphatic hydroxyl groups is 1. The third-order valence-corrected chi connectivity index (χ3v) is 9.63. The first-order chi connectivity index (χ1) is 17.3. The van der Waals surface area contributed by atoms with Crippen LogP contribution in [0.3, 0.4) is 0 Å². The van der Waals surface area contributed by atoms with E-state index < -0.39 is 22.6 Å². The molecule has 1 spiro atoms. The second kappa shape index (κ2) is 10.8. The maximum absolute atomic E-state index is 14.3. The fourth-order valence-electron chi connectivity index (χ4n) is 6.14. The molecule has 3 saturated heterocycles. The van der Waals surface area contributed by atoms with Gasteiger partial charge in [-0.2, -0.15) is 0 Å². The Balaban J connectivity index is 1.70. The SMILES string of the molecule is C=CCCCOC(=O)[C@@H]1[C@H]2C(=O)N(CCO)C(C(=O)N(CC=C)c3cc(C)ccc3C)C23CC[C@H]1S3. The summed E-state index contributed by atoms with van der Waals surface area (Å²) in [6.45, 7) is 11.9. The van der Waals surface area contributed by atoms with Crippen molar-refractivity contribution in [3.8, 4) is 0 Å². The quantitative estimate of drug-likeness (QED) is 0.278. The summed E-state index contributed by atoms with van der Waals surface area (Å²) in [5, 5.41) is 9.76. The van der Waals surface area contributed by atoms with Crippen molar-refractivity contribution in [3.63, 3.8) is 0 Å². The lowest BCUT2D eigenvalue weighted by Crippen LogP contribution is -2.55. The molecule has 194 valence electrons. The number of anilines is 1. The Bertz CT molecular complexity index is 1060. The van der Waals surface area contributed by atoms with E-state index in [-0.39, 0.29) is 42.8 Å². The molecular formula is C28H36N2O5S. The number of aliphatic hydroxyl groups excluding tert-OH is 1. The lowest BCUT2D eigenvalue weighted by Gasteiger charge is -2.37. The largest absolute Gasteiger partial charge is 0.465 e. The van der Waals surface area contributed by atoms with Crippen LogP contribution in [0.15, 0.2) is 43.5 Å². The second-order valence-corrected chi connectivity index (χ2v) is 11.5. The fraction of sp³-hybridized carbons (Fsp3) is 0.536. The van der Waals surface area contributed by atoms with Gasteiger partial charge in [0, 0.05) is 24.0 Å². The number of benzene rings is 1. The van der Waals surface area contributed by atoms with Gasteiger partial charge in [0.25, 0.3) is 5.91 Å². The predicted molar refractivity (Wildman–Crippen MR) is 142 cm³/mol. The van der Waals surface area contributed by atoms with Gasteiger partial charge in [0.2, 0.25) is 5.91 Å². The third kappa shape index (κ3) is 4.39. The van der Waals surface area contributed by atoms with Gasteiger partial charge in [-0.25, -0.2) is 0 Å². The molecule has 7 nitrogen and oxygen atoms in total. The van der Waals surface area contributed by atoms with Crippen LogP contribution in [0.2, 0.25) is 0 Å². The van der Waals surface area contributed by atoms with Crippen LogP contribution in [0.1, 0.15) is 36.8 Å². The van der Waals surface area contributed by atoms with Crippen molar-refractivity contribution in [2.24, 2.45) is 11.8 Å². The molecule has 8 heteroatoms. The van der Waals surface area contributed by atoms with Gasteiger partial charge < -0.3 is 19.6 Å². The predicted octanol–water partition coefficient (Wildman–Crippen LogP) is 3.42. The molecule has 36 heavy (non-hydrogen) atoms. The maximum atomic E-state index is 14.3. The van der Waals surface area contributed by atoms with Crippen LogP contribution in [0.25, 0.3) is 0 Å². The van der Waals surface area contributed by atoms with Crippen molar-refractivity contribution in [1.29, 1.82) is 0 Å². The molecule has 3 heterocycles. The monoisotopic (exact) mass is 512 g/mol. The number of amides is 2. The Morgan fingerprint density at radius 3 is 2.78 bits per heavy atom. The van der Waals surface area contributed by atoms with Gasteiger partial charge in [0.15, 0.2) is 0 Å². The Hall–Kier alpha value is -2.58. The Labute approximate surface area is 217 Å². The van der Waals surface area contributed by atoms with Crippen LogP contribution in [0.5, 0.6) is 0 Å². The smallest absolute Gasteiger partial charge is 0.310 e. The molecule has 2 unspecified atom stereocenters. The van der Waals surface area contributed by atoms with E-state index in [1.54, 1.807) is 28.8 Å². The van der Waals surface area contributed by atoms with Gasteiger partial charge in [0.1, 0.15) is 6.04 Å². The topological polar surface area (TPSA) is 87.1 Å². The standard InChI is InChI=1S/C28H36N2O5S/c1-5-7-8-16-35-27(34)22-21-11-12-28(36-21)23(22)25(32)30(14-15-31)24(28)26(33)29(13-6-2)20-17-18(3)9-10-19(20)4/h5-6,9-10,17,21-24,31H,1-2,7-8,11-16H2,3-4H3/t21-,22+,23+,24?,28?/m1/s1. The van der Waals surface area contributed by atoms with E-state index >= 15 is 0 Å². The number of nitrogens with zero attached hydrogens (tertiary/aromatic N) is 2. The zero-order chi connectivity index (χ0) is 26.0.